The average molecular weight is 500 g/mol. The standard InChI is InChI=1S/C20H22FN3O7S2/c1-22-32-20(26)24-33(27,28)18-7-11-6-13(10-31-16(11)9-17(18)30-3)23-19(25)14-8-12(21)4-5-15(14)29-2/h4-5,7-9,13,22H,6,10H2,1-3H3,(H,23,25)(H,24,26). The Labute approximate surface area is 194 Å². The molecule has 2 amide bonds. The number of halogens is 1. The highest BCUT2D eigenvalue weighted by atomic mass is 32.2. The van der Waals surface area contributed by atoms with Gasteiger partial charge >= 0.3 is 5.24 Å². The first kappa shape index (κ1) is 24.6. The molecule has 0 fully saturated rings. The minimum atomic E-state index is -4.24. The van der Waals surface area contributed by atoms with E-state index in [0.717, 1.165) is 6.07 Å². The number of rotatable bonds is 7. The highest BCUT2D eigenvalue weighted by Crippen LogP contribution is 2.35. The molecule has 1 aliphatic rings. The first-order valence-electron chi connectivity index (χ1n) is 9.57. The molecule has 0 aromatic heterocycles. The molecular formula is C20H22FN3O7S2. The van der Waals surface area contributed by atoms with E-state index in [1.54, 1.807) is 0 Å². The van der Waals surface area contributed by atoms with Crippen molar-refractivity contribution in [2.45, 2.75) is 17.4 Å². The lowest BCUT2D eigenvalue weighted by atomic mass is 10.0. The molecule has 3 rings (SSSR count). The molecule has 0 aliphatic carbocycles. The van der Waals surface area contributed by atoms with Gasteiger partial charge in [0, 0.05) is 18.0 Å². The van der Waals surface area contributed by atoms with E-state index in [1.807, 2.05) is 4.72 Å². The number of carbonyl (C=O) groups excluding carboxylic acids is 2. The minimum Gasteiger partial charge on any atom is -0.496 e. The number of carbonyl (C=O) groups is 2. The van der Waals surface area contributed by atoms with Gasteiger partial charge in [0.25, 0.3) is 15.9 Å². The van der Waals surface area contributed by atoms with Crippen molar-refractivity contribution in [3.8, 4) is 17.2 Å². The third kappa shape index (κ3) is 5.67. The van der Waals surface area contributed by atoms with Gasteiger partial charge in [-0.1, -0.05) is 0 Å². The van der Waals surface area contributed by atoms with Crippen LogP contribution in [0.5, 0.6) is 17.2 Å². The molecule has 178 valence electrons. The van der Waals surface area contributed by atoms with E-state index in [1.165, 1.54) is 45.5 Å². The first-order valence-corrected chi connectivity index (χ1v) is 11.9. The zero-order valence-electron chi connectivity index (χ0n) is 17.9. The quantitative estimate of drug-likeness (QED) is 0.488. The molecule has 1 atom stereocenters. The van der Waals surface area contributed by atoms with Crippen LogP contribution in [-0.4, -0.2) is 53.5 Å². The molecule has 3 N–H and O–H groups in total. The van der Waals surface area contributed by atoms with Gasteiger partial charge in [-0.15, -0.1) is 0 Å². The lowest BCUT2D eigenvalue weighted by molar-refractivity contribution is 0.0911. The second-order valence-corrected chi connectivity index (χ2v) is 9.47. The summed E-state index contributed by atoms with van der Waals surface area (Å²) >= 11 is 0.575. The van der Waals surface area contributed by atoms with Gasteiger partial charge in [0.05, 0.1) is 25.8 Å². The van der Waals surface area contributed by atoms with E-state index in [0.29, 0.717) is 23.3 Å². The molecule has 0 spiro atoms. The van der Waals surface area contributed by atoms with E-state index in [4.69, 9.17) is 14.2 Å². The summed E-state index contributed by atoms with van der Waals surface area (Å²) in [5, 5.41) is 1.92. The summed E-state index contributed by atoms with van der Waals surface area (Å²) in [6.07, 6.45) is 0.227. The van der Waals surface area contributed by atoms with Crippen molar-refractivity contribution in [2.75, 3.05) is 27.9 Å². The second kappa shape index (κ2) is 10.3. The summed E-state index contributed by atoms with van der Waals surface area (Å²) in [5.41, 5.74) is 0.499. The molecular weight excluding hydrogens is 477 g/mol. The topological polar surface area (TPSA) is 132 Å². The molecule has 2 aromatic rings. The monoisotopic (exact) mass is 499 g/mol. The molecule has 0 saturated carbocycles. The van der Waals surface area contributed by atoms with Crippen LogP contribution in [0.3, 0.4) is 0 Å². The van der Waals surface area contributed by atoms with Crippen molar-refractivity contribution in [2.24, 2.45) is 0 Å². The number of sulfonamides is 1. The smallest absolute Gasteiger partial charge is 0.307 e. The number of ether oxygens (including phenoxy) is 3. The molecule has 1 aliphatic heterocycles. The molecule has 33 heavy (non-hydrogen) atoms. The Balaban J connectivity index is 1.84. The second-order valence-electron chi connectivity index (χ2n) is 6.84. The Morgan fingerprint density at radius 3 is 2.55 bits per heavy atom. The van der Waals surface area contributed by atoms with Crippen LogP contribution in [0.4, 0.5) is 9.18 Å². The summed E-state index contributed by atoms with van der Waals surface area (Å²) in [6, 6.07) is 5.80. The van der Waals surface area contributed by atoms with Crippen LogP contribution in [-0.2, 0) is 16.4 Å². The number of methoxy groups -OCH3 is 2. The maximum Gasteiger partial charge on any atom is 0.307 e. The van der Waals surface area contributed by atoms with Crippen molar-refractivity contribution in [1.29, 1.82) is 0 Å². The number of nitrogens with one attached hydrogen (secondary N) is 3. The maximum absolute atomic E-state index is 13.6. The van der Waals surface area contributed by atoms with Gasteiger partial charge < -0.3 is 19.5 Å². The fraction of sp³-hybridized carbons (Fsp3) is 0.300. The average Bonchev–Trinajstić information content (AvgIpc) is 2.77. The Kier molecular flexibility index (Phi) is 7.66. The fourth-order valence-electron chi connectivity index (χ4n) is 3.25. The van der Waals surface area contributed by atoms with Crippen LogP contribution in [0.25, 0.3) is 0 Å². The van der Waals surface area contributed by atoms with Crippen LogP contribution in [0.1, 0.15) is 15.9 Å². The van der Waals surface area contributed by atoms with Crippen molar-refractivity contribution >= 4 is 33.1 Å². The molecule has 0 radical (unpaired) electrons. The summed E-state index contributed by atoms with van der Waals surface area (Å²) in [7, 11) is -0.105. The Morgan fingerprint density at radius 2 is 1.88 bits per heavy atom. The van der Waals surface area contributed by atoms with Gasteiger partial charge in [0.1, 0.15) is 34.6 Å². The van der Waals surface area contributed by atoms with E-state index in [9.17, 15) is 22.4 Å². The molecule has 1 heterocycles. The molecule has 13 heteroatoms. The largest absolute Gasteiger partial charge is 0.496 e. The highest BCUT2D eigenvalue weighted by molar-refractivity contribution is 8.13. The Morgan fingerprint density at radius 1 is 1.15 bits per heavy atom. The van der Waals surface area contributed by atoms with Crippen molar-refractivity contribution < 1.29 is 36.6 Å². The zero-order valence-corrected chi connectivity index (χ0v) is 19.6. The Hall–Kier alpha value is -3.03. The van der Waals surface area contributed by atoms with Crippen LogP contribution in [0, 0.1) is 5.82 Å². The number of benzene rings is 2. The van der Waals surface area contributed by atoms with Gasteiger partial charge in [-0.25, -0.2) is 17.5 Å². The SMILES string of the molecule is CNSC(=O)NS(=O)(=O)c1cc2c(cc1OC)OCC(NC(=O)c1cc(F)ccc1OC)C2. The van der Waals surface area contributed by atoms with Gasteiger partial charge in [-0.2, -0.15) is 0 Å². The summed E-state index contributed by atoms with van der Waals surface area (Å²) in [6.45, 7) is 0.0984. The molecule has 0 saturated heterocycles. The molecule has 1 unspecified atom stereocenters. The zero-order chi connectivity index (χ0) is 24.2. The van der Waals surface area contributed by atoms with Gasteiger partial charge in [-0.05, 0) is 43.3 Å². The van der Waals surface area contributed by atoms with E-state index in [-0.39, 0.29) is 35.0 Å². The summed E-state index contributed by atoms with van der Waals surface area (Å²) in [4.78, 5) is 24.2. The van der Waals surface area contributed by atoms with E-state index >= 15 is 0 Å². The van der Waals surface area contributed by atoms with Gasteiger partial charge in [0.15, 0.2) is 0 Å². The summed E-state index contributed by atoms with van der Waals surface area (Å²) < 4.78 is 59.4. The predicted molar refractivity (Wildman–Crippen MR) is 119 cm³/mol. The van der Waals surface area contributed by atoms with Crippen molar-refractivity contribution in [1.82, 2.24) is 14.8 Å². The lowest BCUT2D eigenvalue weighted by Crippen LogP contribution is -2.43. The van der Waals surface area contributed by atoms with Crippen molar-refractivity contribution in [3.05, 3.63) is 47.3 Å². The van der Waals surface area contributed by atoms with E-state index in [2.05, 4.69) is 10.0 Å². The minimum absolute atomic E-state index is 0.00418. The van der Waals surface area contributed by atoms with Crippen molar-refractivity contribution in [3.63, 3.8) is 0 Å². The number of amides is 2. The number of hydrogen-bond acceptors (Lipinski definition) is 9. The lowest BCUT2D eigenvalue weighted by Gasteiger charge is -2.27. The molecule has 10 nitrogen and oxygen atoms in total. The number of fused-ring (bicyclic) bond motifs is 1. The Bertz CT molecular complexity index is 1170. The van der Waals surface area contributed by atoms with Crippen LogP contribution in [0.2, 0.25) is 0 Å². The van der Waals surface area contributed by atoms with Gasteiger partial charge in [0.2, 0.25) is 0 Å². The third-order valence-electron chi connectivity index (χ3n) is 4.70. The first-order chi connectivity index (χ1) is 15.7. The number of hydrogen-bond donors (Lipinski definition) is 3. The molecule has 2 aromatic carbocycles. The van der Waals surface area contributed by atoms with Gasteiger partial charge in [-0.3, -0.25) is 14.3 Å². The summed E-state index contributed by atoms with van der Waals surface area (Å²) in [5.74, 6) is -0.571. The molecule has 0 bridgehead atoms. The van der Waals surface area contributed by atoms with Crippen LogP contribution >= 0.6 is 11.9 Å². The third-order valence-corrected chi connectivity index (χ3v) is 6.67. The fourth-order valence-corrected chi connectivity index (χ4v) is 4.97. The van der Waals surface area contributed by atoms with Crippen LogP contribution < -0.4 is 29.0 Å². The predicted octanol–water partition coefficient (Wildman–Crippen LogP) is 1.84. The van der Waals surface area contributed by atoms with E-state index < -0.39 is 33.0 Å². The maximum atomic E-state index is 13.6. The highest BCUT2D eigenvalue weighted by Gasteiger charge is 2.29. The van der Waals surface area contributed by atoms with Crippen LogP contribution in [0.15, 0.2) is 35.2 Å². The normalized spacial score (nSPS) is 15.1.